The summed E-state index contributed by atoms with van der Waals surface area (Å²) in [6, 6.07) is 15.9. The average Bonchev–Trinajstić information content (AvgIpc) is 3.18. The Morgan fingerprint density at radius 1 is 1.07 bits per heavy atom. The van der Waals surface area contributed by atoms with Crippen LogP contribution in [-0.4, -0.2) is 28.1 Å². The normalized spacial score (nSPS) is 11.9. The number of carbonyl (C=O) groups is 2. The molecule has 1 aromatic heterocycles. The highest BCUT2D eigenvalue weighted by Gasteiger charge is 2.25. The Labute approximate surface area is 188 Å². The van der Waals surface area contributed by atoms with Gasteiger partial charge in [-0.1, -0.05) is 78.9 Å². The zero-order chi connectivity index (χ0) is 21.5. The Bertz CT molecular complexity index is 994. The molecule has 0 aliphatic heterocycles. The van der Waals surface area contributed by atoms with Crippen LogP contribution in [0, 0.1) is 5.92 Å². The lowest BCUT2D eigenvalue weighted by Crippen LogP contribution is -2.47. The lowest BCUT2D eigenvalue weighted by molar-refractivity contribution is -0.118. The largest absolute Gasteiger partial charge is 0.340 e. The van der Waals surface area contributed by atoms with Crippen LogP contribution in [0.1, 0.15) is 29.8 Å². The molecule has 0 saturated carbocycles. The van der Waals surface area contributed by atoms with E-state index in [1.807, 2.05) is 44.2 Å². The monoisotopic (exact) mass is 460 g/mol. The van der Waals surface area contributed by atoms with Gasteiger partial charge in [0.25, 0.3) is 5.91 Å². The first-order valence-electron chi connectivity index (χ1n) is 9.30. The molecule has 0 radical (unpaired) electrons. The van der Waals surface area contributed by atoms with Crippen LogP contribution in [0.5, 0.6) is 0 Å². The Balaban J connectivity index is 1.59. The highest BCUT2D eigenvalue weighted by Crippen LogP contribution is 2.28. The number of nitrogens with zero attached hydrogens (tertiary/aromatic N) is 2. The van der Waals surface area contributed by atoms with E-state index >= 15 is 0 Å². The van der Waals surface area contributed by atoms with Gasteiger partial charge in [-0.3, -0.25) is 14.9 Å². The Kier molecular flexibility index (Phi) is 7.84. The second-order valence-corrected chi connectivity index (χ2v) is 9.48. The summed E-state index contributed by atoms with van der Waals surface area (Å²) >= 11 is 8.73. The molecule has 0 bridgehead atoms. The molecule has 0 saturated heterocycles. The van der Waals surface area contributed by atoms with Crippen LogP contribution >= 0.6 is 34.7 Å². The van der Waals surface area contributed by atoms with Gasteiger partial charge in [0.1, 0.15) is 6.04 Å². The van der Waals surface area contributed by atoms with Crippen molar-refractivity contribution in [2.24, 2.45) is 5.92 Å². The maximum Gasteiger partial charge on any atom is 0.251 e. The van der Waals surface area contributed by atoms with Crippen molar-refractivity contribution in [1.29, 1.82) is 0 Å². The number of hydrogen-bond donors (Lipinski definition) is 2. The fourth-order valence-corrected chi connectivity index (χ4v) is 4.42. The summed E-state index contributed by atoms with van der Waals surface area (Å²) in [6.45, 7) is 3.74. The molecule has 0 spiro atoms. The summed E-state index contributed by atoms with van der Waals surface area (Å²) in [4.78, 5) is 25.2. The van der Waals surface area contributed by atoms with E-state index in [9.17, 15) is 9.59 Å². The van der Waals surface area contributed by atoms with Gasteiger partial charge >= 0.3 is 0 Å². The predicted octanol–water partition coefficient (Wildman–Crippen LogP) is 4.88. The van der Waals surface area contributed by atoms with E-state index in [1.54, 1.807) is 36.0 Å². The maximum atomic E-state index is 12.7. The summed E-state index contributed by atoms with van der Waals surface area (Å²) in [7, 11) is 0. The lowest BCUT2D eigenvalue weighted by Gasteiger charge is -2.21. The number of nitrogens with one attached hydrogen (secondary N) is 2. The third-order valence-electron chi connectivity index (χ3n) is 4.18. The first-order chi connectivity index (χ1) is 14.4. The van der Waals surface area contributed by atoms with Gasteiger partial charge in [0, 0.05) is 16.3 Å². The van der Waals surface area contributed by atoms with Crippen LogP contribution in [0.15, 0.2) is 58.9 Å². The van der Waals surface area contributed by atoms with Crippen LogP contribution in [0.3, 0.4) is 0 Å². The molecule has 1 unspecified atom stereocenters. The van der Waals surface area contributed by atoms with Crippen molar-refractivity contribution in [3.05, 3.63) is 70.7 Å². The van der Waals surface area contributed by atoms with Gasteiger partial charge in [0.05, 0.1) is 0 Å². The Hall–Kier alpha value is -2.42. The third kappa shape index (κ3) is 6.29. The summed E-state index contributed by atoms with van der Waals surface area (Å²) in [6.07, 6.45) is 0. The molecule has 3 aromatic rings. The van der Waals surface area contributed by atoms with Gasteiger partial charge < -0.3 is 5.32 Å². The Morgan fingerprint density at radius 2 is 1.77 bits per heavy atom. The van der Waals surface area contributed by atoms with Crippen LogP contribution in [0.25, 0.3) is 0 Å². The molecule has 1 atom stereocenters. The van der Waals surface area contributed by atoms with E-state index in [-0.39, 0.29) is 17.7 Å². The smallest absolute Gasteiger partial charge is 0.251 e. The molecule has 2 N–H and O–H groups in total. The fourth-order valence-electron chi connectivity index (χ4n) is 2.58. The highest BCUT2D eigenvalue weighted by atomic mass is 35.5. The van der Waals surface area contributed by atoms with Gasteiger partial charge in [-0.05, 0) is 35.7 Å². The molecule has 2 aromatic carbocycles. The van der Waals surface area contributed by atoms with Gasteiger partial charge in [-0.2, -0.15) is 0 Å². The van der Waals surface area contributed by atoms with Crippen molar-refractivity contribution >= 4 is 51.6 Å². The molecule has 3 rings (SSSR count). The van der Waals surface area contributed by atoms with Crippen LogP contribution in [-0.2, 0) is 10.5 Å². The van der Waals surface area contributed by atoms with Crippen LogP contribution in [0.4, 0.5) is 5.13 Å². The number of amides is 2. The Morgan fingerprint density at radius 3 is 2.43 bits per heavy atom. The molecule has 156 valence electrons. The van der Waals surface area contributed by atoms with Gasteiger partial charge in [-0.25, -0.2) is 0 Å². The highest BCUT2D eigenvalue weighted by molar-refractivity contribution is 8.00. The molecule has 0 aliphatic rings. The minimum atomic E-state index is -0.711. The third-order valence-corrected chi connectivity index (χ3v) is 6.48. The van der Waals surface area contributed by atoms with Crippen molar-refractivity contribution in [2.75, 3.05) is 5.32 Å². The van der Waals surface area contributed by atoms with Crippen molar-refractivity contribution in [2.45, 2.75) is 30.0 Å². The minimum absolute atomic E-state index is 0.110. The van der Waals surface area contributed by atoms with Crippen LogP contribution in [0.2, 0.25) is 5.02 Å². The molecule has 0 aliphatic carbocycles. The number of carbonyl (C=O) groups excluding carboxylic acids is 2. The molecule has 9 heteroatoms. The number of rotatable bonds is 8. The summed E-state index contributed by atoms with van der Waals surface area (Å²) in [5.74, 6) is -0.00380. The first kappa shape index (κ1) is 22.3. The van der Waals surface area contributed by atoms with Crippen molar-refractivity contribution in [1.82, 2.24) is 15.5 Å². The van der Waals surface area contributed by atoms with Gasteiger partial charge in [0.2, 0.25) is 11.0 Å². The van der Waals surface area contributed by atoms with Gasteiger partial charge in [0.15, 0.2) is 4.34 Å². The molecule has 6 nitrogen and oxygen atoms in total. The van der Waals surface area contributed by atoms with Crippen LogP contribution < -0.4 is 10.6 Å². The SMILES string of the molecule is CC(C)C(NC(=O)c1ccc(Cl)cc1)C(=O)Nc1nnc(SCc2ccccc2)s1. The topological polar surface area (TPSA) is 84.0 Å². The maximum absolute atomic E-state index is 12.7. The van der Waals surface area contributed by atoms with E-state index in [1.165, 1.54) is 16.9 Å². The van der Waals surface area contributed by atoms with Crippen molar-refractivity contribution in [3.63, 3.8) is 0 Å². The second-order valence-electron chi connectivity index (χ2n) is 6.84. The fraction of sp³-hybridized carbons (Fsp3) is 0.238. The van der Waals surface area contributed by atoms with E-state index in [0.717, 1.165) is 10.1 Å². The number of halogens is 1. The minimum Gasteiger partial charge on any atom is -0.340 e. The summed E-state index contributed by atoms with van der Waals surface area (Å²) in [5.41, 5.74) is 1.63. The van der Waals surface area contributed by atoms with E-state index in [0.29, 0.717) is 15.7 Å². The first-order valence-corrected chi connectivity index (χ1v) is 11.5. The zero-order valence-corrected chi connectivity index (χ0v) is 18.9. The molecular formula is C21H21ClN4O2S2. The average molecular weight is 461 g/mol. The van der Waals surface area contributed by atoms with E-state index < -0.39 is 6.04 Å². The number of thioether (sulfide) groups is 1. The zero-order valence-electron chi connectivity index (χ0n) is 16.5. The quantitative estimate of drug-likeness (QED) is 0.370. The molecule has 0 fully saturated rings. The van der Waals surface area contributed by atoms with E-state index in [4.69, 9.17) is 11.6 Å². The van der Waals surface area contributed by atoms with Crippen molar-refractivity contribution in [3.8, 4) is 0 Å². The number of hydrogen-bond acceptors (Lipinski definition) is 6. The molecular weight excluding hydrogens is 440 g/mol. The van der Waals surface area contributed by atoms with E-state index in [2.05, 4.69) is 20.8 Å². The predicted molar refractivity (Wildman–Crippen MR) is 122 cm³/mol. The number of aromatic nitrogens is 2. The molecule has 2 amide bonds. The van der Waals surface area contributed by atoms with Gasteiger partial charge in [-0.15, -0.1) is 10.2 Å². The van der Waals surface area contributed by atoms with Crippen molar-refractivity contribution < 1.29 is 9.59 Å². The standard InChI is InChI=1S/C21H21ClN4O2S2/c1-13(2)17(23-18(27)15-8-10-16(22)11-9-15)19(28)24-20-25-26-21(30-20)29-12-14-6-4-3-5-7-14/h3-11,13,17H,12H2,1-2H3,(H,23,27)(H,24,25,28). The summed E-state index contributed by atoms with van der Waals surface area (Å²) < 4.78 is 0.764. The lowest BCUT2D eigenvalue weighted by atomic mass is 10.0. The second kappa shape index (κ2) is 10.6. The molecule has 30 heavy (non-hydrogen) atoms. The number of benzene rings is 2. The number of anilines is 1. The molecule has 1 heterocycles. The summed E-state index contributed by atoms with van der Waals surface area (Å²) in [5, 5.41) is 14.7.